The van der Waals surface area contributed by atoms with Gasteiger partial charge >= 0.3 is 0 Å². The van der Waals surface area contributed by atoms with Gasteiger partial charge in [-0.15, -0.1) is 0 Å². The lowest BCUT2D eigenvalue weighted by atomic mass is 10.0. The van der Waals surface area contributed by atoms with Crippen molar-refractivity contribution in [1.82, 2.24) is 10.3 Å². The van der Waals surface area contributed by atoms with E-state index in [1.807, 2.05) is 12.3 Å². The van der Waals surface area contributed by atoms with Crippen LogP contribution in [0.4, 0.5) is 0 Å². The summed E-state index contributed by atoms with van der Waals surface area (Å²) in [7, 11) is 1.66. The lowest BCUT2D eigenvalue weighted by Crippen LogP contribution is -2.18. The fourth-order valence-electron chi connectivity index (χ4n) is 2.25. The molecule has 78 valence electrons. The van der Waals surface area contributed by atoms with Crippen molar-refractivity contribution in [1.29, 1.82) is 0 Å². The number of methoxy groups -OCH3 is 1. The fraction of sp³-hybridized carbons (Fsp3) is 0.273. The normalized spacial score (nSPS) is 14.5. The van der Waals surface area contributed by atoms with E-state index in [9.17, 15) is 0 Å². The predicted octanol–water partition coefficient (Wildman–Crippen LogP) is 2.43. The molecule has 0 amide bonds. The van der Waals surface area contributed by atoms with Gasteiger partial charge in [0.15, 0.2) is 0 Å². The minimum Gasteiger partial charge on any atom is -0.495 e. The molecule has 4 heteroatoms. The lowest BCUT2D eigenvalue weighted by molar-refractivity contribution is 0.408. The molecule has 1 aliphatic rings. The van der Waals surface area contributed by atoms with E-state index in [0.29, 0.717) is 5.02 Å². The van der Waals surface area contributed by atoms with Crippen molar-refractivity contribution in [2.24, 2.45) is 0 Å². The maximum absolute atomic E-state index is 6.15. The number of aromatic nitrogens is 1. The molecule has 1 aromatic carbocycles. The highest BCUT2D eigenvalue weighted by Crippen LogP contribution is 2.38. The van der Waals surface area contributed by atoms with E-state index in [-0.39, 0.29) is 0 Å². The molecular weight excluding hydrogens is 212 g/mol. The summed E-state index contributed by atoms with van der Waals surface area (Å²) in [4.78, 5) is 3.23. The molecule has 0 spiro atoms. The maximum atomic E-state index is 6.15. The van der Waals surface area contributed by atoms with Crippen LogP contribution in [0.5, 0.6) is 5.75 Å². The van der Waals surface area contributed by atoms with Gasteiger partial charge in [-0.05, 0) is 11.6 Å². The van der Waals surface area contributed by atoms with E-state index in [0.717, 1.165) is 29.9 Å². The minimum absolute atomic E-state index is 0.664. The van der Waals surface area contributed by atoms with E-state index in [1.165, 1.54) is 10.9 Å². The fourth-order valence-corrected chi connectivity index (χ4v) is 2.55. The summed E-state index contributed by atoms with van der Waals surface area (Å²) in [6.07, 6.45) is 2.02. The number of hydrogen-bond acceptors (Lipinski definition) is 2. The van der Waals surface area contributed by atoms with Gasteiger partial charge in [-0.3, -0.25) is 0 Å². The monoisotopic (exact) mass is 222 g/mol. The predicted molar refractivity (Wildman–Crippen MR) is 60.4 cm³/mol. The van der Waals surface area contributed by atoms with Gasteiger partial charge in [0.2, 0.25) is 0 Å². The molecule has 0 unspecified atom stereocenters. The Balaban J connectivity index is 2.44. The van der Waals surface area contributed by atoms with Crippen LogP contribution >= 0.6 is 11.6 Å². The standard InChI is InChI=1S/C11H11ClN2O/c1-15-11-7-5-13-3-6-4-14-9(10(6)7)2-8(11)12/h2,4,13-14H,3,5H2,1H3. The van der Waals surface area contributed by atoms with Gasteiger partial charge in [-0.25, -0.2) is 0 Å². The summed E-state index contributed by atoms with van der Waals surface area (Å²) in [5, 5.41) is 5.25. The highest BCUT2D eigenvalue weighted by molar-refractivity contribution is 6.33. The van der Waals surface area contributed by atoms with Gasteiger partial charge in [0.05, 0.1) is 12.1 Å². The Kier molecular flexibility index (Phi) is 1.90. The van der Waals surface area contributed by atoms with Crippen LogP contribution in [0.3, 0.4) is 0 Å². The summed E-state index contributed by atoms with van der Waals surface area (Å²) in [5.74, 6) is 0.789. The van der Waals surface area contributed by atoms with E-state index < -0.39 is 0 Å². The summed E-state index contributed by atoms with van der Waals surface area (Å²) < 4.78 is 5.35. The van der Waals surface area contributed by atoms with Crippen molar-refractivity contribution in [3.63, 3.8) is 0 Å². The molecule has 3 rings (SSSR count). The third kappa shape index (κ3) is 1.17. The number of benzene rings is 1. The molecule has 0 bridgehead atoms. The first kappa shape index (κ1) is 9.07. The molecular formula is C11H11ClN2O. The molecule has 0 aliphatic carbocycles. The van der Waals surface area contributed by atoms with Crippen LogP contribution in [-0.2, 0) is 13.1 Å². The van der Waals surface area contributed by atoms with E-state index in [4.69, 9.17) is 16.3 Å². The van der Waals surface area contributed by atoms with Crippen molar-refractivity contribution in [3.05, 3.63) is 28.4 Å². The molecule has 1 aliphatic heterocycles. The second kappa shape index (κ2) is 3.15. The molecule has 2 heterocycles. The molecule has 0 saturated heterocycles. The zero-order chi connectivity index (χ0) is 10.4. The number of ether oxygens (including phenoxy) is 1. The quantitative estimate of drug-likeness (QED) is 0.778. The molecule has 15 heavy (non-hydrogen) atoms. The number of hydrogen-bond donors (Lipinski definition) is 2. The smallest absolute Gasteiger partial charge is 0.142 e. The molecule has 0 radical (unpaired) electrons. The number of nitrogens with one attached hydrogen (secondary N) is 2. The number of aromatic amines is 1. The van der Waals surface area contributed by atoms with Crippen LogP contribution in [0.15, 0.2) is 12.3 Å². The summed E-state index contributed by atoms with van der Waals surface area (Å²) in [6.45, 7) is 1.71. The van der Waals surface area contributed by atoms with E-state index in [2.05, 4.69) is 10.3 Å². The van der Waals surface area contributed by atoms with Crippen LogP contribution in [0, 0.1) is 0 Å². The van der Waals surface area contributed by atoms with Gasteiger partial charge in [0, 0.05) is 35.8 Å². The molecule has 0 saturated carbocycles. The minimum atomic E-state index is 0.664. The zero-order valence-corrected chi connectivity index (χ0v) is 9.11. The maximum Gasteiger partial charge on any atom is 0.142 e. The van der Waals surface area contributed by atoms with Gasteiger partial charge < -0.3 is 15.0 Å². The molecule has 2 N–H and O–H groups in total. The Labute approximate surface area is 92.4 Å². The zero-order valence-electron chi connectivity index (χ0n) is 8.36. The van der Waals surface area contributed by atoms with Crippen LogP contribution < -0.4 is 10.1 Å². The van der Waals surface area contributed by atoms with E-state index in [1.54, 1.807) is 7.11 Å². The first-order valence-corrected chi connectivity index (χ1v) is 5.25. The second-order valence-electron chi connectivity index (χ2n) is 3.71. The van der Waals surface area contributed by atoms with Gasteiger partial charge in [0.25, 0.3) is 0 Å². The first-order chi connectivity index (χ1) is 7.31. The van der Waals surface area contributed by atoms with E-state index >= 15 is 0 Å². The average molecular weight is 223 g/mol. The third-order valence-electron chi connectivity index (χ3n) is 2.88. The second-order valence-corrected chi connectivity index (χ2v) is 4.12. The topological polar surface area (TPSA) is 37.0 Å². The Bertz CT molecular complexity index is 533. The largest absolute Gasteiger partial charge is 0.495 e. The van der Waals surface area contributed by atoms with Crippen molar-refractivity contribution in [3.8, 4) is 5.75 Å². The SMILES string of the molecule is COc1c(Cl)cc2[nH]cc3c2c1CNC3. The number of halogens is 1. The summed E-state index contributed by atoms with van der Waals surface area (Å²) >= 11 is 6.15. The van der Waals surface area contributed by atoms with Crippen molar-refractivity contribution >= 4 is 22.5 Å². The Morgan fingerprint density at radius 2 is 2.27 bits per heavy atom. The average Bonchev–Trinajstić information content (AvgIpc) is 2.64. The van der Waals surface area contributed by atoms with Crippen molar-refractivity contribution < 1.29 is 4.74 Å². The Morgan fingerprint density at radius 1 is 1.40 bits per heavy atom. The Hall–Kier alpha value is -1.19. The summed E-state index contributed by atoms with van der Waals surface area (Å²) in [6, 6.07) is 1.92. The van der Waals surface area contributed by atoms with Gasteiger partial charge in [0.1, 0.15) is 5.75 Å². The summed E-state index contributed by atoms with van der Waals surface area (Å²) in [5.41, 5.74) is 3.52. The van der Waals surface area contributed by atoms with Crippen LogP contribution in [0.1, 0.15) is 11.1 Å². The van der Waals surface area contributed by atoms with Crippen LogP contribution in [0.2, 0.25) is 5.02 Å². The molecule has 0 fully saturated rings. The van der Waals surface area contributed by atoms with Crippen LogP contribution in [0.25, 0.3) is 10.9 Å². The molecule has 3 nitrogen and oxygen atoms in total. The first-order valence-electron chi connectivity index (χ1n) is 4.87. The molecule has 1 aromatic heterocycles. The molecule has 2 aromatic rings. The Morgan fingerprint density at radius 3 is 3.07 bits per heavy atom. The number of H-pyrrole nitrogens is 1. The highest BCUT2D eigenvalue weighted by atomic mass is 35.5. The van der Waals surface area contributed by atoms with Gasteiger partial charge in [-0.1, -0.05) is 11.6 Å². The third-order valence-corrected chi connectivity index (χ3v) is 3.16. The lowest BCUT2D eigenvalue weighted by Gasteiger charge is -2.17. The van der Waals surface area contributed by atoms with Crippen molar-refractivity contribution in [2.75, 3.05) is 7.11 Å². The molecule has 0 atom stereocenters. The number of rotatable bonds is 1. The highest BCUT2D eigenvalue weighted by Gasteiger charge is 2.19. The van der Waals surface area contributed by atoms with Crippen molar-refractivity contribution in [2.45, 2.75) is 13.1 Å². The van der Waals surface area contributed by atoms with Gasteiger partial charge in [-0.2, -0.15) is 0 Å². The van der Waals surface area contributed by atoms with Crippen LogP contribution in [-0.4, -0.2) is 12.1 Å².